The summed E-state index contributed by atoms with van der Waals surface area (Å²) in [7, 11) is 0. The molecule has 0 aliphatic carbocycles. The van der Waals surface area contributed by atoms with Crippen molar-refractivity contribution in [3.63, 3.8) is 0 Å². The molecule has 1 atom stereocenters. The highest BCUT2D eigenvalue weighted by molar-refractivity contribution is 6.01. The van der Waals surface area contributed by atoms with Gasteiger partial charge < -0.3 is 5.32 Å². The van der Waals surface area contributed by atoms with E-state index in [2.05, 4.69) is 15.2 Å². The largest absolute Gasteiger partial charge is 0.309 e. The molecule has 0 bridgehead atoms. The molecule has 4 rings (SSSR count). The number of pyridine rings is 1. The highest BCUT2D eigenvalue weighted by Crippen LogP contribution is 2.30. The number of rotatable bonds is 5. The number of carbonyl (C=O) groups is 1. The second kappa shape index (κ2) is 8.35. The van der Waals surface area contributed by atoms with E-state index in [9.17, 15) is 13.6 Å². The van der Waals surface area contributed by atoms with Gasteiger partial charge in [-0.2, -0.15) is 0 Å². The lowest BCUT2D eigenvalue weighted by Crippen LogP contribution is -2.51. The molecule has 1 aromatic heterocycles. The average molecular weight is 395 g/mol. The molecule has 1 N–H and O–H groups in total. The van der Waals surface area contributed by atoms with Crippen LogP contribution in [-0.4, -0.2) is 48.0 Å². The van der Waals surface area contributed by atoms with Gasteiger partial charge in [0.2, 0.25) is 0 Å². The summed E-state index contributed by atoms with van der Waals surface area (Å²) in [4.78, 5) is 18.8. The predicted octanol–water partition coefficient (Wildman–Crippen LogP) is 3.99. The van der Waals surface area contributed by atoms with Crippen molar-refractivity contribution in [1.82, 2.24) is 15.2 Å². The number of fused-ring (bicyclic) bond motifs is 1. The van der Waals surface area contributed by atoms with E-state index in [0.29, 0.717) is 18.8 Å². The first kappa shape index (κ1) is 19.6. The molecule has 3 aromatic rings. The van der Waals surface area contributed by atoms with Crippen molar-refractivity contribution in [1.29, 1.82) is 0 Å². The van der Waals surface area contributed by atoms with E-state index in [-0.39, 0.29) is 24.3 Å². The Hall–Kier alpha value is -2.70. The fourth-order valence-corrected chi connectivity index (χ4v) is 3.82. The SMILES string of the molecule is CC(=O)c1cc(-c2ccc(F)cc2)c2ccc(CN3CCNC(CF)C3)cc2n1. The van der Waals surface area contributed by atoms with Gasteiger partial charge in [0, 0.05) is 44.5 Å². The third-order valence-electron chi connectivity index (χ3n) is 5.32. The molecule has 1 fully saturated rings. The van der Waals surface area contributed by atoms with Crippen LogP contribution in [0, 0.1) is 5.82 Å². The van der Waals surface area contributed by atoms with Gasteiger partial charge in [0.05, 0.1) is 5.52 Å². The summed E-state index contributed by atoms with van der Waals surface area (Å²) in [6.07, 6.45) is 0. The quantitative estimate of drug-likeness (QED) is 0.664. The van der Waals surface area contributed by atoms with Crippen LogP contribution in [0.3, 0.4) is 0 Å². The third kappa shape index (κ3) is 4.33. The van der Waals surface area contributed by atoms with Crippen LogP contribution in [0.5, 0.6) is 0 Å². The number of hydrogen-bond acceptors (Lipinski definition) is 4. The van der Waals surface area contributed by atoms with Crippen LogP contribution in [0.25, 0.3) is 22.0 Å². The molecule has 2 heterocycles. The number of carbonyl (C=O) groups excluding carboxylic acids is 1. The Bertz CT molecular complexity index is 1040. The molecule has 4 nitrogen and oxygen atoms in total. The Kier molecular flexibility index (Phi) is 5.65. The van der Waals surface area contributed by atoms with Gasteiger partial charge in [-0.3, -0.25) is 9.69 Å². The number of benzene rings is 2. The van der Waals surface area contributed by atoms with Crippen LogP contribution in [0.1, 0.15) is 23.0 Å². The predicted molar refractivity (Wildman–Crippen MR) is 110 cm³/mol. The fourth-order valence-electron chi connectivity index (χ4n) is 3.82. The van der Waals surface area contributed by atoms with E-state index in [4.69, 9.17) is 0 Å². The van der Waals surface area contributed by atoms with Crippen molar-refractivity contribution >= 4 is 16.7 Å². The topological polar surface area (TPSA) is 45.2 Å². The van der Waals surface area contributed by atoms with Crippen LogP contribution in [0.2, 0.25) is 0 Å². The molecule has 0 saturated carbocycles. The minimum Gasteiger partial charge on any atom is -0.309 e. The lowest BCUT2D eigenvalue weighted by atomic mass is 9.98. The van der Waals surface area contributed by atoms with Crippen LogP contribution in [0.4, 0.5) is 8.78 Å². The maximum Gasteiger partial charge on any atom is 0.178 e. The molecule has 1 aliphatic rings. The maximum atomic E-state index is 13.4. The summed E-state index contributed by atoms with van der Waals surface area (Å²) in [6.45, 7) is 4.10. The molecule has 0 amide bonds. The zero-order valence-electron chi connectivity index (χ0n) is 16.3. The van der Waals surface area contributed by atoms with Crippen molar-refractivity contribution in [2.45, 2.75) is 19.5 Å². The Morgan fingerprint density at radius 2 is 2.00 bits per heavy atom. The third-order valence-corrected chi connectivity index (χ3v) is 5.32. The first-order valence-corrected chi connectivity index (χ1v) is 9.76. The first-order valence-electron chi connectivity index (χ1n) is 9.76. The number of piperazine rings is 1. The van der Waals surface area contributed by atoms with Gasteiger partial charge in [-0.1, -0.05) is 24.3 Å². The fraction of sp³-hybridized carbons (Fsp3) is 0.304. The van der Waals surface area contributed by atoms with E-state index in [0.717, 1.165) is 40.7 Å². The summed E-state index contributed by atoms with van der Waals surface area (Å²) >= 11 is 0. The number of Topliss-reactive ketones (excluding diaryl/α,β-unsaturated/α-hetero) is 1. The van der Waals surface area contributed by atoms with Gasteiger partial charge in [-0.25, -0.2) is 13.8 Å². The van der Waals surface area contributed by atoms with E-state index in [1.165, 1.54) is 19.1 Å². The molecular formula is C23H23F2N3O. The Labute approximate surface area is 168 Å². The molecule has 29 heavy (non-hydrogen) atoms. The number of hydrogen-bond donors (Lipinski definition) is 1. The maximum absolute atomic E-state index is 13.4. The number of nitrogens with one attached hydrogen (secondary N) is 1. The Morgan fingerprint density at radius 3 is 2.72 bits per heavy atom. The number of aromatic nitrogens is 1. The minimum absolute atomic E-state index is 0.117. The Morgan fingerprint density at radius 1 is 1.21 bits per heavy atom. The van der Waals surface area contributed by atoms with Gasteiger partial charge >= 0.3 is 0 Å². The van der Waals surface area contributed by atoms with E-state index in [1.807, 2.05) is 18.2 Å². The lowest BCUT2D eigenvalue weighted by molar-refractivity contribution is 0.101. The van der Waals surface area contributed by atoms with E-state index < -0.39 is 0 Å². The van der Waals surface area contributed by atoms with Crippen LogP contribution >= 0.6 is 0 Å². The second-order valence-corrected chi connectivity index (χ2v) is 7.51. The number of nitrogens with zero attached hydrogens (tertiary/aromatic N) is 2. The molecule has 0 radical (unpaired) electrons. The van der Waals surface area contributed by atoms with Gasteiger partial charge in [0.1, 0.15) is 18.2 Å². The van der Waals surface area contributed by atoms with Gasteiger partial charge in [0.15, 0.2) is 5.78 Å². The van der Waals surface area contributed by atoms with Crippen molar-refractivity contribution in [2.75, 3.05) is 26.3 Å². The molecule has 150 valence electrons. The molecule has 0 spiro atoms. The summed E-state index contributed by atoms with van der Waals surface area (Å²) in [5, 5.41) is 4.08. The molecule has 1 saturated heterocycles. The highest BCUT2D eigenvalue weighted by atomic mass is 19.1. The minimum atomic E-state index is -0.376. The zero-order valence-corrected chi connectivity index (χ0v) is 16.3. The molecule has 2 aromatic carbocycles. The van der Waals surface area contributed by atoms with Crippen molar-refractivity contribution in [3.05, 3.63) is 65.6 Å². The summed E-state index contributed by atoms with van der Waals surface area (Å²) in [6, 6.07) is 13.9. The van der Waals surface area contributed by atoms with Gasteiger partial charge in [-0.05, 0) is 41.0 Å². The number of ketones is 1. The monoisotopic (exact) mass is 395 g/mol. The normalized spacial score (nSPS) is 17.6. The van der Waals surface area contributed by atoms with Crippen molar-refractivity contribution in [2.24, 2.45) is 0 Å². The van der Waals surface area contributed by atoms with Crippen LogP contribution in [0.15, 0.2) is 48.5 Å². The first-order chi connectivity index (χ1) is 14.0. The van der Waals surface area contributed by atoms with Gasteiger partial charge in [-0.15, -0.1) is 0 Å². The molecule has 1 unspecified atom stereocenters. The lowest BCUT2D eigenvalue weighted by Gasteiger charge is -2.32. The van der Waals surface area contributed by atoms with E-state index >= 15 is 0 Å². The highest BCUT2D eigenvalue weighted by Gasteiger charge is 2.19. The van der Waals surface area contributed by atoms with Crippen LogP contribution in [-0.2, 0) is 6.54 Å². The smallest absolute Gasteiger partial charge is 0.178 e. The zero-order chi connectivity index (χ0) is 20.4. The standard InChI is InChI=1S/C23H23F2N3O/c1-15(29)22-11-21(17-3-5-18(25)6-4-17)20-7-2-16(10-23(20)27-22)13-28-9-8-26-19(12-24)14-28/h2-7,10-11,19,26H,8-9,12-14H2,1H3. The molecular weight excluding hydrogens is 372 g/mol. The number of alkyl halides is 1. The average Bonchev–Trinajstić information content (AvgIpc) is 2.73. The molecule has 6 heteroatoms. The van der Waals surface area contributed by atoms with E-state index in [1.54, 1.807) is 18.2 Å². The summed E-state index contributed by atoms with van der Waals surface area (Å²) < 4.78 is 26.3. The van der Waals surface area contributed by atoms with Crippen molar-refractivity contribution < 1.29 is 13.6 Å². The Balaban J connectivity index is 1.72. The second-order valence-electron chi connectivity index (χ2n) is 7.51. The summed E-state index contributed by atoms with van der Waals surface area (Å²) in [5.41, 5.74) is 3.86. The van der Waals surface area contributed by atoms with Crippen LogP contribution < -0.4 is 5.32 Å². The van der Waals surface area contributed by atoms with Crippen molar-refractivity contribution in [3.8, 4) is 11.1 Å². The molecule has 1 aliphatic heterocycles. The summed E-state index contributed by atoms with van der Waals surface area (Å²) in [5.74, 6) is -0.419. The number of halogens is 2. The van der Waals surface area contributed by atoms with Gasteiger partial charge in [0.25, 0.3) is 0 Å².